The lowest BCUT2D eigenvalue weighted by Crippen LogP contribution is -2.43. The Morgan fingerprint density at radius 2 is 1.86 bits per heavy atom. The number of benzene rings is 1. The van der Waals surface area contributed by atoms with Crippen LogP contribution in [0.1, 0.15) is 5.56 Å². The van der Waals surface area contributed by atoms with Crippen molar-refractivity contribution in [3.63, 3.8) is 0 Å². The maximum atomic E-state index is 12.3. The molecule has 2 N–H and O–H groups in total. The fraction of sp³-hybridized carbons (Fsp3) is 0.300. The molecule has 0 aliphatic carbocycles. The van der Waals surface area contributed by atoms with Crippen molar-refractivity contribution in [2.45, 2.75) is 6.92 Å². The molecule has 1 saturated heterocycles. The van der Waals surface area contributed by atoms with Crippen LogP contribution in [0, 0.1) is 6.92 Å². The van der Waals surface area contributed by atoms with Gasteiger partial charge in [0, 0.05) is 43.8 Å². The summed E-state index contributed by atoms with van der Waals surface area (Å²) in [6.07, 6.45) is 5.36. The third-order valence-corrected chi connectivity index (χ3v) is 4.64. The highest BCUT2D eigenvalue weighted by Gasteiger charge is 2.16. The van der Waals surface area contributed by atoms with Crippen molar-refractivity contribution in [2.24, 2.45) is 7.05 Å². The molecule has 1 aromatic carbocycles. The number of aryl methyl sites for hydroxylation is 2. The number of aromatic nitrogens is 4. The molecule has 2 amide bonds. The second-order valence-corrected chi connectivity index (χ2v) is 6.86. The number of nitrogens with one attached hydrogen (secondary N) is 2. The third-order valence-electron chi connectivity index (χ3n) is 4.64. The zero-order chi connectivity index (χ0) is 20.2. The molecule has 0 unspecified atom stereocenters. The number of hydrogen-bond acceptors (Lipinski definition) is 6. The van der Waals surface area contributed by atoms with E-state index in [0.717, 1.165) is 28.2 Å². The molecule has 150 valence electrons. The van der Waals surface area contributed by atoms with Crippen LogP contribution in [0.2, 0.25) is 0 Å². The van der Waals surface area contributed by atoms with E-state index in [1.807, 2.05) is 44.4 Å². The Labute approximate surface area is 168 Å². The number of amides is 2. The first-order valence-corrected chi connectivity index (χ1v) is 9.42. The lowest BCUT2D eigenvalue weighted by atomic mass is 10.1. The van der Waals surface area contributed by atoms with Crippen molar-refractivity contribution in [3.8, 4) is 11.3 Å². The monoisotopic (exact) mass is 393 g/mol. The maximum absolute atomic E-state index is 12.3. The van der Waals surface area contributed by atoms with Gasteiger partial charge >= 0.3 is 6.03 Å². The molecule has 0 saturated carbocycles. The van der Waals surface area contributed by atoms with E-state index in [1.165, 1.54) is 0 Å². The molecule has 4 rings (SSSR count). The predicted octanol–water partition coefficient (Wildman–Crippen LogP) is 2.79. The molecule has 1 fully saturated rings. The normalized spacial score (nSPS) is 13.9. The summed E-state index contributed by atoms with van der Waals surface area (Å²) in [5.74, 6) is 0.503. The number of hydrogen-bond donors (Lipinski definition) is 2. The van der Waals surface area contributed by atoms with E-state index in [0.29, 0.717) is 32.3 Å². The van der Waals surface area contributed by atoms with Crippen LogP contribution in [0.15, 0.2) is 42.9 Å². The van der Waals surface area contributed by atoms with Crippen molar-refractivity contribution in [1.29, 1.82) is 0 Å². The highest BCUT2D eigenvalue weighted by molar-refractivity contribution is 5.89. The Kier molecular flexibility index (Phi) is 5.39. The number of morpholine rings is 1. The van der Waals surface area contributed by atoms with Crippen LogP contribution in [-0.2, 0) is 11.8 Å². The van der Waals surface area contributed by atoms with Gasteiger partial charge in [0.1, 0.15) is 0 Å². The van der Waals surface area contributed by atoms with E-state index in [1.54, 1.807) is 22.0 Å². The predicted molar refractivity (Wildman–Crippen MR) is 110 cm³/mol. The van der Waals surface area contributed by atoms with Crippen molar-refractivity contribution < 1.29 is 9.53 Å². The fourth-order valence-corrected chi connectivity index (χ4v) is 3.09. The summed E-state index contributed by atoms with van der Waals surface area (Å²) >= 11 is 0. The number of rotatable bonds is 4. The molecule has 9 heteroatoms. The van der Waals surface area contributed by atoms with Gasteiger partial charge in [-0.2, -0.15) is 5.10 Å². The number of carbonyl (C=O) groups is 1. The van der Waals surface area contributed by atoms with Gasteiger partial charge in [-0.15, -0.1) is 0 Å². The molecule has 1 aliphatic rings. The number of urea groups is 1. The first-order chi connectivity index (χ1) is 14.1. The second-order valence-electron chi connectivity index (χ2n) is 6.86. The topological polar surface area (TPSA) is 97.2 Å². The summed E-state index contributed by atoms with van der Waals surface area (Å²) in [6, 6.07) is 7.53. The summed E-state index contributed by atoms with van der Waals surface area (Å²) in [5, 5.41) is 10.2. The Morgan fingerprint density at radius 1 is 1.10 bits per heavy atom. The molecule has 0 spiro atoms. The van der Waals surface area contributed by atoms with E-state index in [4.69, 9.17) is 4.74 Å². The Bertz CT molecular complexity index is 994. The minimum absolute atomic E-state index is 0.109. The molecule has 3 aromatic rings. The maximum Gasteiger partial charge on any atom is 0.321 e. The molecule has 0 bridgehead atoms. The lowest BCUT2D eigenvalue weighted by Gasteiger charge is -2.26. The molecule has 2 aromatic heterocycles. The van der Waals surface area contributed by atoms with Gasteiger partial charge in [-0.25, -0.2) is 14.8 Å². The van der Waals surface area contributed by atoms with Gasteiger partial charge in [-0.1, -0.05) is 12.1 Å². The van der Waals surface area contributed by atoms with E-state index in [9.17, 15) is 4.79 Å². The van der Waals surface area contributed by atoms with Gasteiger partial charge in [0.25, 0.3) is 0 Å². The summed E-state index contributed by atoms with van der Waals surface area (Å²) in [4.78, 5) is 23.1. The quantitative estimate of drug-likeness (QED) is 0.707. The number of ether oxygens (including phenoxy) is 1. The second kappa shape index (κ2) is 8.27. The molecule has 0 radical (unpaired) electrons. The van der Waals surface area contributed by atoms with Crippen molar-refractivity contribution in [1.82, 2.24) is 24.6 Å². The average Bonchev–Trinajstić information content (AvgIpc) is 3.15. The van der Waals surface area contributed by atoms with Crippen molar-refractivity contribution in [3.05, 3.63) is 48.4 Å². The van der Waals surface area contributed by atoms with E-state index in [-0.39, 0.29) is 6.03 Å². The SMILES string of the molecule is Cc1cnc(Nc2cnn(C)c2)nc1-c1ccc(NC(=O)N2CCOCC2)cc1. The summed E-state index contributed by atoms with van der Waals surface area (Å²) in [7, 11) is 1.85. The first-order valence-electron chi connectivity index (χ1n) is 9.42. The van der Waals surface area contributed by atoms with Crippen LogP contribution in [0.25, 0.3) is 11.3 Å². The van der Waals surface area contributed by atoms with Gasteiger partial charge in [0.05, 0.1) is 30.8 Å². The minimum Gasteiger partial charge on any atom is -0.378 e. The van der Waals surface area contributed by atoms with Crippen LogP contribution in [-0.4, -0.2) is 57.0 Å². The van der Waals surface area contributed by atoms with Crippen LogP contribution in [0.3, 0.4) is 0 Å². The van der Waals surface area contributed by atoms with Crippen LogP contribution >= 0.6 is 0 Å². The zero-order valence-electron chi connectivity index (χ0n) is 16.4. The molecule has 29 heavy (non-hydrogen) atoms. The van der Waals surface area contributed by atoms with E-state index < -0.39 is 0 Å². The van der Waals surface area contributed by atoms with Gasteiger partial charge in [-0.05, 0) is 24.6 Å². The zero-order valence-corrected chi connectivity index (χ0v) is 16.4. The highest BCUT2D eigenvalue weighted by Crippen LogP contribution is 2.24. The van der Waals surface area contributed by atoms with Crippen molar-refractivity contribution in [2.75, 3.05) is 36.9 Å². The number of nitrogens with zero attached hydrogens (tertiary/aromatic N) is 5. The molecular formula is C20H23N7O2. The smallest absolute Gasteiger partial charge is 0.321 e. The average molecular weight is 393 g/mol. The highest BCUT2D eigenvalue weighted by atomic mass is 16.5. The molecular weight excluding hydrogens is 370 g/mol. The van der Waals surface area contributed by atoms with E-state index >= 15 is 0 Å². The van der Waals surface area contributed by atoms with Gasteiger partial charge in [0.2, 0.25) is 5.95 Å². The van der Waals surface area contributed by atoms with Crippen LogP contribution in [0.5, 0.6) is 0 Å². The Balaban J connectivity index is 1.48. The summed E-state index contributed by atoms with van der Waals surface area (Å²) < 4.78 is 6.99. The molecule has 9 nitrogen and oxygen atoms in total. The fourth-order valence-electron chi connectivity index (χ4n) is 3.09. The number of anilines is 3. The van der Waals surface area contributed by atoms with Crippen LogP contribution in [0.4, 0.5) is 22.1 Å². The summed E-state index contributed by atoms with van der Waals surface area (Å²) in [6.45, 7) is 4.34. The molecule has 0 atom stereocenters. The van der Waals surface area contributed by atoms with Crippen LogP contribution < -0.4 is 10.6 Å². The van der Waals surface area contributed by atoms with Gasteiger partial charge < -0.3 is 20.3 Å². The van der Waals surface area contributed by atoms with E-state index in [2.05, 4.69) is 25.7 Å². The molecule has 1 aliphatic heterocycles. The standard InChI is InChI=1S/C20H23N7O2/c1-14-11-21-19(23-17-12-22-26(2)13-17)25-18(14)15-3-5-16(6-4-15)24-20(28)27-7-9-29-10-8-27/h3-6,11-13H,7-10H2,1-2H3,(H,24,28)(H,21,23,25). The first kappa shape index (κ1) is 18.9. The lowest BCUT2D eigenvalue weighted by molar-refractivity contribution is 0.0564. The Morgan fingerprint density at radius 3 is 2.55 bits per heavy atom. The number of carbonyl (C=O) groups excluding carboxylic acids is 1. The summed E-state index contributed by atoms with van der Waals surface area (Å²) in [5.41, 5.74) is 4.31. The minimum atomic E-state index is -0.109. The van der Waals surface area contributed by atoms with Gasteiger partial charge in [-0.3, -0.25) is 4.68 Å². The van der Waals surface area contributed by atoms with Crippen molar-refractivity contribution >= 4 is 23.4 Å². The van der Waals surface area contributed by atoms with Gasteiger partial charge in [0.15, 0.2) is 0 Å². The molecule has 3 heterocycles. The third kappa shape index (κ3) is 4.52. The largest absolute Gasteiger partial charge is 0.378 e. The Hall–Kier alpha value is -3.46.